The number of methoxy groups -OCH3 is 2. The van der Waals surface area contributed by atoms with Gasteiger partial charge in [-0.25, -0.2) is 0 Å². The van der Waals surface area contributed by atoms with Gasteiger partial charge in [0.25, 0.3) is 0 Å². The lowest BCUT2D eigenvalue weighted by Gasteiger charge is -2.26. The SMILES string of the molecule is CCN(CC(OC)OC)c1ccccc1. The number of ether oxygens (including phenoxy) is 2. The van der Waals surface area contributed by atoms with Crippen LogP contribution in [-0.4, -0.2) is 33.6 Å². The van der Waals surface area contributed by atoms with Crippen molar-refractivity contribution in [2.24, 2.45) is 0 Å². The van der Waals surface area contributed by atoms with E-state index in [1.54, 1.807) is 14.2 Å². The van der Waals surface area contributed by atoms with Gasteiger partial charge in [0.05, 0.1) is 6.54 Å². The second-order valence-corrected chi connectivity index (χ2v) is 3.28. The molecule has 0 atom stereocenters. The number of benzene rings is 1. The van der Waals surface area contributed by atoms with E-state index in [0.717, 1.165) is 13.1 Å². The molecule has 0 bridgehead atoms. The second kappa shape index (κ2) is 6.43. The third-order valence-corrected chi connectivity index (χ3v) is 2.40. The summed E-state index contributed by atoms with van der Waals surface area (Å²) < 4.78 is 10.4. The van der Waals surface area contributed by atoms with E-state index in [4.69, 9.17) is 9.47 Å². The molecule has 0 aliphatic carbocycles. The summed E-state index contributed by atoms with van der Waals surface area (Å²) in [5.41, 5.74) is 1.19. The van der Waals surface area contributed by atoms with Crippen LogP contribution in [0, 0.1) is 0 Å². The van der Waals surface area contributed by atoms with Gasteiger partial charge in [0.15, 0.2) is 6.29 Å². The van der Waals surface area contributed by atoms with Crippen LogP contribution in [0.5, 0.6) is 0 Å². The molecule has 3 nitrogen and oxygen atoms in total. The molecule has 0 radical (unpaired) electrons. The van der Waals surface area contributed by atoms with Crippen molar-refractivity contribution in [3.05, 3.63) is 30.3 Å². The van der Waals surface area contributed by atoms with Crippen molar-refractivity contribution in [1.29, 1.82) is 0 Å². The summed E-state index contributed by atoms with van der Waals surface area (Å²) in [6, 6.07) is 10.3. The number of likely N-dealkylation sites (N-methyl/N-ethyl adjacent to an activating group) is 1. The van der Waals surface area contributed by atoms with Crippen LogP contribution in [0.3, 0.4) is 0 Å². The largest absolute Gasteiger partial charge is 0.367 e. The summed E-state index contributed by atoms with van der Waals surface area (Å²) in [6.07, 6.45) is -0.176. The molecular formula is C12H19NO2. The summed E-state index contributed by atoms with van der Waals surface area (Å²) >= 11 is 0. The Morgan fingerprint density at radius 3 is 2.20 bits per heavy atom. The van der Waals surface area contributed by atoms with Gasteiger partial charge >= 0.3 is 0 Å². The second-order valence-electron chi connectivity index (χ2n) is 3.28. The van der Waals surface area contributed by atoms with Gasteiger partial charge in [0.1, 0.15) is 0 Å². The molecule has 0 saturated heterocycles. The summed E-state index contributed by atoms with van der Waals surface area (Å²) in [5, 5.41) is 0. The summed E-state index contributed by atoms with van der Waals surface area (Å²) in [7, 11) is 3.32. The number of para-hydroxylation sites is 1. The number of anilines is 1. The van der Waals surface area contributed by atoms with Crippen LogP contribution in [0.25, 0.3) is 0 Å². The molecule has 0 amide bonds. The zero-order valence-electron chi connectivity index (χ0n) is 9.64. The van der Waals surface area contributed by atoms with Crippen LogP contribution in [0.1, 0.15) is 6.92 Å². The van der Waals surface area contributed by atoms with Crippen molar-refractivity contribution in [3.8, 4) is 0 Å². The van der Waals surface area contributed by atoms with E-state index in [1.807, 2.05) is 18.2 Å². The molecule has 0 aromatic heterocycles. The predicted molar refractivity (Wildman–Crippen MR) is 62.1 cm³/mol. The molecule has 0 aliphatic rings. The Morgan fingerprint density at radius 1 is 1.13 bits per heavy atom. The van der Waals surface area contributed by atoms with Crippen LogP contribution in [0.15, 0.2) is 30.3 Å². The Morgan fingerprint density at radius 2 is 1.73 bits per heavy atom. The van der Waals surface area contributed by atoms with E-state index >= 15 is 0 Å². The van der Waals surface area contributed by atoms with E-state index in [9.17, 15) is 0 Å². The van der Waals surface area contributed by atoms with E-state index in [0.29, 0.717) is 0 Å². The number of hydrogen-bond donors (Lipinski definition) is 0. The minimum absolute atomic E-state index is 0.176. The Labute approximate surface area is 91.6 Å². The quantitative estimate of drug-likeness (QED) is 0.670. The zero-order valence-corrected chi connectivity index (χ0v) is 9.64. The van der Waals surface area contributed by atoms with Gasteiger partial charge < -0.3 is 14.4 Å². The maximum Gasteiger partial charge on any atom is 0.174 e. The summed E-state index contributed by atoms with van der Waals surface area (Å²) in [4.78, 5) is 2.22. The number of hydrogen-bond acceptors (Lipinski definition) is 3. The first-order valence-corrected chi connectivity index (χ1v) is 5.17. The molecule has 1 aromatic rings. The van der Waals surface area contributed by atoms with Crippen molar-refractivity contribution in [2.75, 3.05) is 32.2 Å². The van der Waals surface area contributed by atoms with Gasteiger partial charge in [0, 0.05) is 26.5 Å². The van der Waals surface area contributed by atoms with Crippen molar-refractivity contribution < 1.29 is 9.47 Å². The van der Waals surface area contributed by atoms with Gasteiger partial charge in [-0.05, 0) is 19.1 Å². The molecule has 1 rings (SSSR count). The van der Waals surface area contributed by atoms with Gasteiger partial charge in [0.2, 0.25) is 0 Å². The molecule has 0 spiro atoms. The monoisotopic (exact) mass is 209 g/mol. The zero-order chi connectivity index (χ0) is 11.1. The average Bonchev–Trinajstić information content (AvgIpc) is 2.32. The lowest BCUT2D eigenvalue weighted by molar-refractivity contribution is -0.0948. The fourth-order valence-electron chi connectivity index (χ4n) is 1.48. The van der Waals surface area contributed by atoms with Crippen molar-refractivity contribution in [3.63, 3.8) is 0 Å². The molecule has 3 heteroatoms. The maximum atomic E-state index is 5.19. The Balaban J connectivity index is 2.64. The highest BCUT2D eigenvalue weighted by molar-refractivity contribution is 5.45. The molecule has 0 aliphatic heterocycles. The minimum atomic E-state index is -0.176. The van der Waals surface area contributed by atoms with Crippen LogP contribution in [0.4, 0.5) is 5.69 Å². The molecule has 0 heterocycles. The Kier molecular flexibility index (Phi) is 5.15. The van der Waals surface area contributed by atoms with Crippen molar-refractivity contribution in [2.45, 2.75) is 13.2 Å². The maximum absolute atomic E-state index is 5.19. The third kappa shape index (κ3) is 3.53. The lowest BCUT2D eigenvalue weighted by Crippen LogP contribution is -2.34. The van der Waals surface area contributed by atoms with Crippen LogP contribution in [-0.2, 0) is 9.47 Å². The highest BCUT2D eigenvalue weighted by Crippen LogP contribution is 2.13. The first kappa shape index (κ1) is 12.0. The minimum Gasteiger partial charge on any atom is -0.367 e. The normalized spacial score (nSPS) is 10.7. The topological polar surface area (TPSA) is 21.7 Å². The highest BCUT2D eigenvalue weighted by atomic mass is 16.7. The third-order valence-electron chi connectivity index (χ3n) is 2.40. The van der Waals surface area contributed by atoms with E-state index in [1.165, 1.54) is 5.69 Å². The molecule has 0 fully saturated rings. The fraction of sp³-hybridized carbons (Fsp3) is 0.500. The van der Waals surface area contributed by atoms with E-state index in [2.05, 4.69) is 24.0 Å². The van der Waals surface area contributed by atoms with Gasteiger partial charge in [-0.1, -0.05) is 18.2 Å². The first-order chi connectivity index (χ1) is 7.31. The molecule has 0 saturated carbocycles. The predicted octanol–water partition coefficient (Wildman–Crippen LogP) is 2.13. The molecule has 0 unspecified atom stereocenters. The smallest absolute Gasteiger partial charge is 0.174 e. The Bertz CT molecular complexity index is 260. The van der Waals surface area contributed by atoms with Crippen LogP contribution >= 0.6 is 0 Å². The summed E-state index contributed by atoms with van der Waals surface area (Å²) in [5.74, 6) is 0. The van der Waals surface area contributed by atoms with Gasteiger partial charge in [-0.2, -0.15) is 0 Å². The average molecular weight is 209 g/mol. The number of nitrogens with zero attached hydrogens (tertiary/aromatic N) is 1. The lowest BCUT2D eigenvalue weighted by atomic mass is 10.3. The fourth-order valence-corrected chi connectivity index (χ4v) is 1.48. The Hall–Kier alpha value is -1.06. The van der Waals surface area contributed by atoms with Crippen molar-refractivity contribution in [1.82, 2.24) is 0 Å². The van der Waals surface area contributed by atoms with E-state index in [-0.39, 0.29) is 6.29 Å². The van der Waals surface area contributed by atoms with Crippen molar-refractivity contribution >= 4 is 5.69 Å². The van der Waals surface area contributed by atoms with Gasteiger partial charge in [-0.15, -0.1) is 0 Å². The van der Waals surface area contributed by atoms with Crippen LogP contribution in [0.2, 0.25) is 0 Å². The molecule has 1 aromatic carbocycles. The molecule has 15 heavy (non-hydrogen) atoms. The first-order valence-electron chi connectivity index (χ1n) is 5.17. The van der Waals surface area contributed by atoms with Crippen LogP contribution < -0.4 is 4.90 Å². The van der Waals surface area contributed by atoms with E-state index < -0.39 is 0 Å². The number of rotatable bonds is 6. The van der Waals surface area contributed by atoms with Gasteiger partial charge in [-0.3, -0.25) is 0 Å². The molecule has 84 valence electrons. The standard InChI is InChI=1S/C12H19NO2/c1-4-13(10-12(14-2)15-3)11-8-6-5-7-9-11/h5-9,12H,4,10H2,1-3H3. The molecular weight excluding hydrogens is 190 g/mol. The highest BCUT2D eigenvalue weighted by Gasteiger charge is 2.11. The molecule has 0 N–H and O–H groups in total. The summed E-state index contributed by atoms with van der Waals surface area (Å²) in [6.45, 7) is 3.80.